The predicted octanol–water partition coefficient (Wildman–Crippen LogP) is 5.34. The standard InChI is InChI=1S/C35H39N7O3/c1-22(2)31(41-35(44)45-3)34(43)42-19-5-7-30(42)33-38-21-29(40-33)26-16-12-24(13-17-26)9-8-23-10-14-25(15-11-23)28-20-37-32(39-28)27-6-4-18-36-27/h10-17,20-22,27,30-31,36H,4-7,18-19H2,1-3H3,(H,37,39)(H,38,40)(H,41,44)/t27-,30-,31-/m1/s1. The van der Waals surface area contributed by atoms with Gasteiger partial charge in [0.25, 0.3) is 0 Å². The van der Waals surface area contributed by atoms with Gasteiger partial charge in [-0.25, -0.2) is 14.8 Å². The minimum Gasteiger partial charge on any atom is -0.453 e. The number of nitrogens with zero attached hydrogens (tertiary/aromatic N) is 3. The number of likely N-dealkylation sites (tertiary alicyclic amines) is 1. The minimum atomic E-state index is -0.664. The van der Waals surface area contributed by atoms with E-state index in [0.29, 0.717) is 12.6 Å². The van der Waals surface area contributed by atoms with Gasteiger partial charge in [0, 0.05) is 17.7 Å². The van der Waals surface area contributed by atoms with E-state index >= 15 is 0 Å². The fraction of sp³-hybridized carbons (Fsp3) is 0.371. The van der Waals surface area contributed by atoms with Crippen LogP contribution in [0, 0.1) is 17.8 Å². The topological polar surface area (TPSA) is 128 Å². The number of amides is 2. The number of aromatic nitrogens is 4. The molecule has 0 radical (unpaired) electrons. The van der Waals surface area contributed by atoms with E-state index in [1.54, 1.807) is 6.20 Å². The summed E-state index contributed by atoms with van der Waals surface area (Å²) in [5, 5.41) is 6.17. The molecule has 4 aromatic rings. The third-order valence-electron chi connectivity index (χ3n) is 8.57. The Morgan fingerprint density at radius 3 is 2.04 bits per heavy atom. The second-order valence-electron chi connectivity index (χ2n) is 12.0. The predicted molar refractivity (Wildman–Crippen MR) is 172 cm³/mol. The molecule has 2 aromatic carbocycles. The van der Waals surface area contributed by atoms with Crippen LogP contribution in [0.1, 0.15) is 74.4 Å². The van der Waals surface area contributed by atoms with Gasteiger partial charge in [-0.15, -0.1) is 0 Å². The number of benzene rings is 2. The average Bonchev–Trinajstić information content (AvgIpc) is 3.89. The van der Waals surface area contributed by atoms with Crippen LogP contribution in [-0.4, -0.2) is 63.1 Å². The van der Waals surface area contributed by atoms with E-state index in [1.165, 1.54) is 13.5 Å². The molecule has 2 aliphatic rings. The van der Waals surface area contributed by atoms with Crippen LogP contribution in [0.15, 0.2) is 60.9 Å². The van der Waals surface area contributed by atoms with Crippen LogP contribution < -0.4 is 10.6 Å². The lowest BCUT2D eigenvalue weighted by Crippen LogP contribution is -2.51. The third-order valence-corrected chi connectivity index (χ3v) is 8.57. The molecule has 2 amide bonds. The summed E-state index contributed by atoms with van der Waals surface area (Å²) < 4.78 is 4.73. The van der Waals surface area contributed by atoms with Gasteiger partial charge in [0.1, 0.15) is 17.7 Å². The Balaban J connectivity index is 1.09. The summed E-state index contributed by atoms with van der Waals surface area (Å²) in [4.78, 5) is 43.2. The second-order valence-corrected chi connectivity index (χ2v) is 12.0. The van der Waals surface area contributed by atoms with E-state index in [0.717, 1.165) is 71.1 Å². The zero-order valence-corrected chi connectivity index (χ0v) is 25.9. The van der Waals surface area contributed by atoms with Crippen molar-refractivity contribution in [3.05, 3.63) is 83.7 Å². The van der Waals surface area contributed by atoms with Crippen molar-refractivity contribution >= 4 is 12.0 Å². The highest BCUT2D eigenvalue weighted by Gasteiger charge is 2.37. The van der Waals surface area contributed by atoms with Gasteiger partial charge in [-0.3, -0.25) is 4.79 Å². The van der Waals surface area contributed by atoms with E-state index in [9.17, 15) is 9.59 Å². The van der Waals surface area contributed by atoms with Crippen molar-refractivity contribution < 1.29 is 14.3 Å². The van der Waals surface area contributed by atoms with Gasteiger partial charge >= 0.3 is 6.09 Å². The molecule has 10 heteroatoms. The van der Waals surface area contributed by atoms with Crippen molar-refractivity contribution in [2.75, 3.05) is 20.2 Å². The normalized spacial score (nSPS) is 18.4. The number of carbonyl (C=O) groups is 2. The highest BCUT2D eigenvalue weighted by molar-refractivity contribution is 5.86. The summed E-state index contributed by atoms with van der Waals surface area (Å²) in [6.45, 7) is 5.47. The van der Waals surface area contributed by atoms with Gasteiger partial charge in [-0.1, -0.05) is 50.0 Å². The van der Waals surface area contributed by atoms with Gasteiger partial charge in [-0.2, -0.15) is 0 Å². The van der Waals surface area contributed by atoms with Gasteiger partial charge in [0.15, 0.2) is 0 Å². The zero-order chi connectivity index (χ0) is 31.3. The molecule has 3 atom stereocenters. The summed E-state index contributed by atoms with van der Waals surface area (Å²) >= 11 is 0. The van der Waals surface area contributed by atoms with Crippen molar-refractivity contribution in [3.8, 4) is 34.4 Å². The lowest BCUT2D eigenvalue weighted by molar-refractivity contribution is -0.135. The molecule has 232 valence electrons. The fourth-order valence-electron chi connectivity index (χ4n) is 6.03. The molecule has 2 aromatic heterocycles. The Kier molecular flexibility index (Phi) is 8.98. The number of alkyl carbamates (subject to hydrolysis) is 1. The Labute approximate surface area is 263 Å². The maximum absolute atomic E-state index is 13.4. The minimum absolute atomic E-state index is 0.0829. The van der Waals surface area contributed by atoms with E-state index in [-0.39, 0.29) is 17.9 Å². The number of hydrogen-bond donors (Lipinski definition) is 4. The maximum Gasteiger partial charge on any atom is 0.407 e. The number of hydrogen-bond acceptors (Lipinski definition) is 6. The van der Waals surface area contributed by atoms with Crippen LogP contribution in [0.4, 0.5) is 4.79 Å². The number of imidazole rings is 2. The number of aromatic amines is 2. The van der Waals surface area contributed by atoms with Crippen LogP contribution >= 0.6 is 0 Å². The summed E-state index contributed by atoms with van der Waals surface area (Å²) in [6.07, 6.45) is 7.06. The first-order valence-corrected chi connectivity index (χ1v) is 15.6. The molecule has 0 saturated carbocycles. The zero-order valence-electron chi connectivity index (χ0n) is 25.9. The van der Waals surface area contributed by atoms with E-state index < -0.39 is 12.1 Å². The van der Waals surface area contributed by atoms with Gasteiger partial charge in [0.2, 0.25) is 5.91 Å². The largest absolute Gasteiger partial charge is 0.453 e. The molecular weight excluding hydrogens is 566 g/mol. The first kappa shape index (κ1) is 30.2. The van der Waals surface area contributed by atoms with Gasteiger partial charge in [-0.05, 0) is 73.5 Å². The van der Waals surface area contributed by atoms with Crippen molar-refractivity contribution in [1.82, 2.24) is 35.5 Å². The van der Waals surface area contributed by atoms with E-state index in [2.05, 4.69) is 54.5 Å². The highest BCUT2D eigenvalue weighted by Crippen LogP contribution is 2.33. The maximum atomic E-state index is 13.4. The fourth-order valence-corrected chi connectivity index (χ4v) is 6.03. The molecule has 2 fully saturated rings. The van der Waals surface area contributed by atoms with Crippen LogP contribution in [0.25, 0.3) is 22.5 Å². The van der Waals surface area contributed by atoms with Crippen molar-refractivity contribution in [2.45, 2.75) is 57.7 Å². The molecule has 10 nitrogen and oxygen atoms in total. The summed E-state index contributed by atoms with van der Waals surface area (Å²) in [6, 6.07) is 15.7. The molecule has 4 heterocycles. The van der Waals surface area contributed by atoms with Crippen molar-refractivity contribution in [2.24, 2.45) is 5.92 Å². The number of methoxy groups -OCH3 is 1. The Hall–Kier alpha value is -4.88. The molecule has 0 unspecified atom stereocenters. The molecule has 0 bridgehead atoms. The molecule has 6 rings (SSSR count). The second kappa shape index (κ2) is 13.4. The van der Waals surface area contributed by atoms with Crippen LogP contribution in [0.5, 0.6) is 0 Å². The summed E-state index contributed by atoms with van der Waals surface area (Å²) in [5.74, 6) is 8.05. The van der Waals surface area contributed by atoms with Gasteiger partial charge in [0.05, 0.1) is 43.0 Å². The monoisotopic (exact) mass is 605 g/mol. The smallest absolute Gasteiger partial charge is 0.407 e. The number of ether oxygens (including phenoxy) is 1. The van der Waals surface area contributed by atoms with Crippen LogP contribution in [0.3, 0.4) is 0 Å². The molecule has 0 spiro atoms. The Bertz CT molecular complexity index is 1690. The van der Waals surface area contributed by atoms with Crippen LogP contribution in [-0.2, 0) is 9.53 Å². The van der Waals surface area contributed by atoms with Crippen molar-refractivity contribution in [1.29, 1.82) is 0 Å². The highest BCUT2D eigenvalue weighted by atomic mass is 16.5. The molecule has 2 aliphatic heterocycles. The van der Waals surface area contributed by atoms with E-state index in [4.69, 9.17) is 4.74 Å². The Morgan fingerprint density at radius 1 is 0.889 bits per heavy atom. The summed E-state index contributed by atoms with van der Waals surface area (Å²) in [5.41, 5.74) is 5.81. The molecule has 0 aliphatic carbocycles. The van der Waals surface area contributed by atoms with E-state index in [1.807, 2.05) is 61.3 Å². The molecule has 2 saturated heterocycles. The molecular formula is C35H39N7O3. The third kappa shape index (κ3) is 6.79. The van der Waals surface area contributed by atoms with Crippen molar-refractivity contribution in [3.63, 3.8) is 0 Å². The average molecular weight is 606 g/mol. The number of nitrogens with one attached hydrogen (secondary N) is 4. The molecule has 4 N–H and O–H groups in total. The first-order chi connectivity index (χ1) is 21.9. The van der Waals surface area contributed by atoms with Crippen LogP contribution in [0.2, 0.25) is 0 Å². The van der Waals surface area contributed by atoms with Gasteiger partial charge < -0.3 is 30.2 Å². The quantitative estimate of drug-likeness (QED) is 0.211. The lowest BCUT2D eigenvalue weighted by Gasteiger charge is -2.30. The SMILES string of the molecule is COC(=O)N[C@@H](C(=O)N1CCC[C@@H]1c1ncc(-c2ccc(C#Cc3ccc(-c4cnc([C@H]5CCCN5)[nH]4)cc3)cc2)[nH]1)C(C)C. The number of H-pyrrole nitrogens is 2. The Morgan fingerprint density at radius 2 is 1.49 bits per heavy atom. The number of rotatable bonds is 7. The lowest BCUT2D eigenvalue weighted by atomic mass is 10.0. The number of carbonyl (C=O) groups excluding carboxylic acids is 2. The summed E-state index contributed by atoms with van der Waals surface area (Å²) in [7, 11) is 1.30. The first-order valence-electron chi connectivity index (χ1n) is 15.6. The molecule has 45 heavy (non-hydrogen) atoms.